The second kappa shape index (κ2) is 11.6. The molecule has 1 N–H and O–H groups in total. The Morgan fingerprint density at radius 1 is 1.23 bits per heavy atom. The zero-order valence-electron chi connectivity index (χ0n) is 18.0. The van der Waals surface area contributed by atoms with Gasteiger partial charge in [-0.15, -0.1) is 0 Å². The number of ether oxygens (including phenoxy) is 3. The molecule has 0 aromatic heterocycles. The summed E-state index contributed by atoms with van der Waals surface area (Å²) in [6, 6.07) is 6.66. The molecule has 0 bridgehead atoms. The Balaban J connectivity index is 1.40. The minimum absolute atomic E-state index is 0.200. The molecular weight excluding hydrogens is 411 g/mol. The number of benzene rings is 1. The Labute approximate surface area is 181 Å². The van der Waals surface area contributed by atoms with Crippen LogP contribution in [0.4, 0.5) is 13.2 Å². The van der Waals surface area contributed by atoms with Gasteiger partial charge in [-0.1, -0.05) is 12.1 Å². The molecule has 0 radical (unpaired) electrons. The zero-order valence-corrected chi connectivity index (χ0v) is 18.0. The maximum atomic E-state index is 12.3. The van der Waals surface area contributed by atoms with E-state index in [-0.39, 0.29) is 18.0 Å². The van der Waals surface area contributed by atoms with Crippen LogP contribution in [0.2, 0.25) is 0 Å². The van der Waals surface area contributed by atoms with E-state index >= 15 is 0 Å². The molecule has 31 heavy (non-hydrogen) atoms. The van der Waals surface area contributed by atoms with E-state index in [1.807, 2.05) is 6.07 Å². The minimum atomic E-state index is -4.35. The van der Waals surface area contributed by atoms with Crippen LogP contribution in [0.5, 0.6) is 5.75 Å². The van der Waals surface area contributed by atoms with Crippen molar-refractivity contribution in [3.63, 3.8) is 0 Å². The van der Waals surface area contributed by atoms with E-state index in [1.54, 1.807) is 19.2 Å². The number of halogens is 3. The van der Waals surface area contributed by atoms with E-state index in [0.29, 0.717) is 13.2 Å². The van der Waals surface area contributed by atoms with Gasteiger partial charge in [0, 0.05) is 33.3 Å². The molecule has 0 saturated carbocycles. The summed E-state index contributed by atoms with van der Waals surface area (Å²) in [5.74, 6) is 0.974. The normalized spacial score (nSPS) is 21.2. The second-order valence-electron chi connectivity index (χ2n) is 7.96. The van der Waals surface area contributed by atoms with E-state index in [0.717, 1.165) is 56.9 Å². The number of aliphatic imine (C=N–C) groups is 1. The fraction of sp³-hybridized carbons (Fsp3) is 0.682. The number of likely N-dealkylation sites (tertiary alicyclic amines) is 1. The highest BCUT2D eigenvalue weighted by molar-refractivity contribution is 5.80. The second-order valence-corrected chi connectivity index (χ2v) is 7.96. The van der Waals surface area contributed by atoms with Crippen LogP contribution in [0.25, 0.3) is 0 Å². The number of hydrogen-bond donors (Lipinski definition) is 1. The largest absolute Gasteiger partial charge is 0.484 e. The summed E-state index contributed by atoms with van der Waals surface area (Å²) in [7, 11) is 1.73. The van der Waals surface area contributed by atoms with Crippen molar-refractivity contribution in [2.75, 3.05) is 40.0 Å². The smallest absolute Gasteiger partial charge is 0.422 e. The van der Waals surface area contributed by atoms with Gasteiger partial charge in [0.1, 0.15) is 5.75 Å². The molecule has 1 aromatic rings. The van der Waals surface area contributed by atoms with E-state index < -0.39 is 12.8 Å². The Hall–Kier alpha value is -2.00. The standard InChI is InChI=1S/C22H32F3N3O3/c1-26-21(27-14-17-5-4-7-19(13-17)31-16-22(23,24)25)28-10-8-18(9-11-28)30-15-20-6-2-3-12-29-20/h4-5,7,13,18,20H,2-3,6,8-12,14-16H2,1H3,(H,26,27). The summed E-state index contributed by atoms with van der Waals surface area (Å²) in [5.41, 5.74) is 0.825. The number of piperidine rings is 1. The number of rotatable bonds is 7. The lowest BCUT2D eigenvalue weighted by atomic mass is 10.1. The summed E-state index contributed by atoms with van der Waals surface area (Å²) < 4.78 is 53.7. The molecule has 0 aliphatic carbocycles. The lowest BCUT2D eigenvalue weighted by Crippen LogP contribution is -2.47. The van der Waals surface area contributed by atoms with Crippen LogP contribution >= 0.6 is 0 Å². The lowest BCUT2D eigenvalue weighted by molar-refractivity contribution is -0.153. The van der Waals surface area contributed by atoms with E-state index in [1.165, 1.54) is 12.5 Å². The summed E-state index contributed by atoms with van der Waals surface area (Å²) in [6.07, 6.45) is 1.41. The molecule has 3 rings (SSSR count). The highest BCUT2D eigenvalue weighted by Crippen LogP contribution is 2.20. The molecule has 2 aliphatic rings. The molecule has 2 aliphatic heterocycles. The Morgan fingerprint density at radius 3 is 2.71 bits per heavy atom. The Bertz CT molecular complexity index is 701. The minimum Gasteiger partial charge on any atom is -0.484 e. The summed E-state index contributed by atoms with van der Waals surface area (Å²) in [5, 5.41) is 3.29. The van der Waals surface area contributed by atoms with Gasteiger partial charge >= 0.3 is 6.18 Å². The van der Waals surface area contributed by atoms with Gasteiger partial charge in [0.25, 0.3) is 0 Å². The monoisotopic (exact) mass is 443 g/mol. The molecular formula is C22H32F3N3O3. The van der Waals surface area contributed by atoms with Crippen molar-refractivity contribution in [2.24, 2.45) is 4.99 Å². The topological polar surface area (TPSA) is 55.3 Å². The van der Waals surface area contributed by atoms with Crippen LogP contribution in [-0.4, -0.2) is 69.2 Å². The maximum absolute atomic E-state index is 12.3. The number of nitrogens with zero attached hydrogens (tertiary/aromatic N) is 2. The van der Waals surface area contributed by atoms with Crippen LogP contribution in [-0.2, 0) is 16.0 Å². The van der Waals surface area contributed by atoms with Crippen molar-refractivity contribution in [1.82, 2.24) is 10.2 Å². The van der Waals surface area contributed by atoms with Crippen molar-refractivity contribution in [1.29, 1.82) is 0 Å². The van der Waals surface area contributed by atoms with E-state index in [2.05, 4.69) is 15.2 Å². The van der Waals surface area contributed by atoms with E-state index in [4.69, 9.17) is 14.2 Å². The number of nitrogens with one attached hydrogen (secondary N) is 1. The molecule has 2 fully saturated rings. The van der Waals surface area contributed by atoms with Crippen molar-refractivity contribution < 1.29 is 27.4 Å². The fourth-order valence-corrected chi connectivity index (χ4v) is 3.84. The van der Waals surface area contributed by atoms with Crippen molar-refractivity contribution in [3.05, 3.63) is 29.8 Å². The molecule has 2 heterocycles. The van der Waals surface area contributed by atoms with Gasteiger partial charge in [-0.3, -0.25) is 4.99 Å². The first kappa shape index (κ1) is 23.7. The molecule has 0 spiro atoms. The third-order valence-electron chi connectivity index (χ3n) is 5.50. The predicted molar refractivity (Wildman–Crippen MR) is 112 cm³/mol. The van der Waals surface area contributed by atoms with Gasteiger partial charge in [-0.25, -0.2) is 0 Å². The van der Waals surface area contributed by atoms with Crippen molar-refractivity contribution in [3.8, 4) is 5.75 Å². The molecule has 9 heteroatoms. The Kier molecular flexibility index (Phi) is 8.83. The molecule has 1 aromatic carbocycles. The number of hydrogen-bond acceptors (Lipinski definition) is 4. The van der Waals surface area contributed by atoms with Gasteiger partial charge in [0.15, 0.2) is 12.6 Å². The SMILES string of the molecule is CN=C(NCc1cccc(OCC(F)(F)F)c1)N1CCC(OCC2CCCCO2)CC1. The first-order chi connectivity index (χ1) is 14.9. The van der Waals surface area contributed by atoms with Gasteiger partial charge in [0.05, 0.1) is 18.8 Å². The lowest BCUT2D eigenvalue weighted by Gasteiger charge is -2.35. The van der Waals surface area contributed by atoms with Crippen molar-refractivity contribution in [2.45, 2.75) is 57.0 Å². The molecule has 174 valence electrons. The molecule has 1 unspecified atom stereocenters. The summed E-state index contributed by atoms with van der Waals surface area (Å²) in [4.78, 5) is 6.53. The third-order valence-corrected chi connectivity index (χ3v) is 5.50. The van der Waals surface area contributed by atoms with Crippen LogP contribution in [0.3, 0.4) is 0 Å². The van der Waals surface area contributed by atoms with Gasteiger partial charge in [0.2, 0.25) is 0 Å². The predicted octanol–water partition coefficient (Wildman–Crippen LogP) is 3.75. The number of guanidine groups is 1. The van der Waals surface area contributed by atoms with Gasteiger partial charge < -0.3 is 24.4 Å². The Morgan fingerprint density at radius 2 is 2.03 bits per heavy atom. The number of alkyl halides is 3. The third kappa shape index (κ3) is 8.22. The highest BCUT2D eigenvalue weighted by atomic mass is 19.4. The molecule has 1 atom stereocenters. The van der Waals surface area contributed by atoms with Gasteiger partial charge in [-0.05, 0) is 49.8 Å². The molecule has 2 saturated heterocycles. The van der Waals surface area contributed by atoms with Crippen LogP contribution in [0, 0.1) is 0 Å². The molecule has 0 amide bonds. The van der Waals surface area contributed by atoms with E-state index in [9.17, 15) is 13.2 Å². The van der Waals surface area contributed by atoms with Crippen LogP contribution in [0.1, 0.15) is 37.7 Å². The zero-order chi connectivity index (χ0) is 22.1. The quantitative estimate of drug-likeness (QED) is 0.514. The van der Waals surface area contributed by atoms with Crippen LogP contribution < -0.4 is 10.1 Å². The first-order valence-electron chi connectivity index (χ1n) is 10.9. The highest BCUT2D eigenvalue weighted by Gasteiger charge is 2.28. The van der Waals surface area contributed by atoms with Gasteiger partial charge in [-0.2, -0.15) is 13.2 Å². The summed E-state index contributed by atoms with van der Waals surface area (Å²) >= 11 is 0. The summed E-state index contributed by atoms with van der Waals surface area (Å²) in [6.45, 7) is 2.34. The average molecular weight is 444 g/mol. The fourth-order valence-electron chi connectivity index (χ4n) is 3.84. The average Bonchev–Trinajstić information content (AvgIpc) is 2.78. The maximum Gasteiger partial charge on any atom is 0.422 e. The molecule has 6 nitrogen and oxygen atoms in total. The van der Waals surface area contributed by atoms with Crippen molar-refractivity contribution >= 4 is 5.96 Å². The first-order valence-corrected chi connectivity index (χ1v) is 10.9. The van der Waals surface area contributed by atoms with Crippen LogP contribution in [0.15, 0.2) is 29.3 Å².